The Bertz CT molecular complexity index is 222. The third-order valence-corrected chi connectivity index (χ3v) is 3.40. The van der Waals surface area contributed by atoms with E-state index in [4.69, 9.17) is 5.73 Å². The molecular formula is C12H25N3O. The first-order valence-corrected chi connectivity index (χ1v) is 6.33. The molecule has 94 valence electrons. The summed E-state index contributed by atoms with van der Waals surface area (Å²) >= 11 is 0. The van der Waals surface area contributed by atoms with Gasteiger partial charge in [0.2, 0.25) is 5.91 Å². The van der Waals surface area contributed by atoms with Crippen LogP contribution in [0.4, 0.5) is 0 Å². The van der Waals surface area contributed by atoms with Crippen LogP contribution in [0.5, 0.6) is 0 Å². The number of carbonyl (C=O) groups is 1. The smallest absolute Gasteiger partial charge is 0.237 e. The van der Waals surface area contributed by atoms with E-state index in [1.807, 2.05) is 13.8 Å². The molecule has 1 rings (SSSR count). The Hall–Kier alpha value is -0.610. The summed E-state index contributed by atoms with van der Waals surface area (Å²) in [6.45, 7) is 9.39. The Balaban J connectivity index is 2.31. The minimum absolute atomic E-state index is 0.00458. The van der Waals surface area contributed by atoms with Crippen molar-refractivity contribution in [1.29, 1.82) is 0 Å². The molecule has 0 aromatic carbocycles. The highest BCUT2D eigenvalue weighted by molar-refractivity contribution is 5.82. The summed E-state index contributed by atoms with van der Waals surface area (Å²) in [6.07, 6.45) is 2.09. The Kier molecular flexibility index (Phi) is 5.22. The molecule has 0 unspecified atom stereocenters. The first kappa shape index (κ1) is 13.5. The molecule has 1 aliphatic rings. The van der Waals surface area contributed by atoms with E-state index in [0.29, 0.717) is 6.04 Å². The van der Waals surface area contributed by atoms with Crippen molar-refractivity contribution in [2.45, 2.75) is 45.7 Å². The van der Waals surface area contributed by atoms with E-state index < -0.39 is 0 Å². The lowest BCUT2D eigenvalue weighted by molar-refractivity contribution is -0.124. The zero-order valence-electron chi connectivity index (χ0n) is 10.7. The van der Waals surface area contributed by atoms with E-state index in [9.17, 15) is 4.79 Å². The fourth-order valence-electron chi connectivity index (χ4n) is 1.99. The van der Waals surface area contributed by atoms with E-state index in [2.05, 4.69) is 17.1 Å². The quantitative estimate of drug-likeness (QED) is 0.738. The van der Waals surface area contributed by atoms with Crippen LogP contribution in [0.1, 0.15) is 33.6 Å². The second-order valence-corrected chi connectivity index (χ2v) is 4.99. The summed E-state index contributed by atoms with van der Waals surface area (Å²) in [4.78, 5) is 14.2. The molecule has 0 radical (unpaired) electrons. The molecular weight excluding hydrogens is 202 g/mol. The van der Waals surface area contributed by atoms with E-state index in [-0.39, 0.29) is 17.9 Å². The van der Waals surface area contributed by atoms with Gasteiger partial charge in [0.25, 0.3) is 0 Å². The van der Waals surface area contributed by atoms with Crippen LogP contribution in [0.2, 0.25) is 0 Å². The van der Waals surface area contributed by atoms with Crippen molar-refractivity contribution in [1.82, 2.24) is 10.2 Å². The molecule has 16 heavy (non-hydrogen) atoms. The van der Waals surface area contributed by atoms with Crippen LogP contribution in [0.15, 0.2) is 0 Å². The van der Waals surface area contributed by atoms with Crippen LogP contribution in [0, 0.1) is 5.92 Å². The molecule has 0 saturated carbocycles. The van der Waals surface area contributed by atoms with Gasteiger partial charge in [-0.3, -0.25) is 4.79 Å². The van der Waals surface area contributed by atoms with Gasteiger partial charge in [0.05, 0.1) is 6.04 Å². The first-order valence-electron chi connectivity index (χ1n) is 6.33. The maximum Gasteiger partial charge on any atom is 0.237 e. The summed E-state index contributed by atoms with van der Waals surface area (Å²) in [7, 11) is 0. The molecule has 1 heterocycles. The monoisotopic (exact) mass is 227 g/mol. The molecule has 0 aromatic heterocycles. The second-order valence-electron chi connectivity index (χ2n) is 4.99. The van der Waals surface area contributed by atoms with Crippen LogP contribution in [-0.4, -0.2) is 42.5 Å². The lowest BCUT2D eigenvalue weighted by Gasteiger charge is -2.32. The highest BCUT2D eigenvalue weighted by atomic mass is 16.2. The molecule has 4 heteroatoms. The van der Waals surface area contributed by atoms with E-state index >= 15 is 0 Å². The van der Waals surface area contributed by atoms with Crippen LogP contribution in [-0.2, 0) is 4.79 Å². The third-order valence-electron chi connectivity index (χ3n) is 3.40. The molecule has 4 nitrogen and oxygen atoms in total. The highest BCUT2D eigenvalue weighted by Gasteiger charge is 2.23. The van der Waals surface area contributed by atoms with E-state index in [1.54, 1.807) is 0 Å². The maximum atomic E-state index is 11.8. The SMILES string of the molecule is CCN1CCC(NC(=O)[C@H](N)C(C)C)CC1. The number of rotatable bonds is 4. The summed E-state index contributed by atoms with van der Waals surface area (Å²) in [5.74, 6) is 0.209. The fraction of sp³-hybridized carbons (Fsp3) is 0.917. The Morgan fingerprint density at radius 3 is 2.44 bits per heavy atom. The topological polar surface area (TPSA) is 58.4 Å². The van der Waals surface area contributed by atoms with Gasteiger partial charge in [-0.25, -0.2) is 0 Å². The number of nitrogens with zero attached hydrogens (tertiary/aromatic N) is 1. The number of nitrogens with one attached hydrogen (secondary N) is 1. The predicted octanol–water partition coefficient (Wildman–Crippen LogP) is 0.570. The van der Waals surface area contributed by atoms with Crippen molar-refractivity contribution in [2.75, 3.05) is 19.6 Å². The van der Waals surface area contributed by atoms with Crippen molar-refractivity contribution >= 4 is 5.91 Å². The summed E-state index contributed by atoms with van der Waals surface area (Å²) in [5.41, 5.74) is 5.81. The zero-order chi connectivity index (χ0) is 12.1. The number of hydrogen-bond acceptors (Lipinski definition) is 3. The highest BCUT2D eigenvalue weighted by Crippen LogP contribution is 2.10. The molecule has 1 amide bonds. The van der Waals surface area contributed by atoms with Gasteiger partial charge in [-0.15, -0.1) is 0 Å². The van der Waals surface area contributed by atoms with E-state index in [1.165, 1.54) is 0 Å². The number of amides is 1. The molecule has 3 N–H and O–H groups in total. The number of carbonyl (C=O) groups excluding carboxylic acids is 1. The average molecular weight is 227 g/mol. The predicted molar refractivity (Wildman–Crippen MR) is 66.1 cm³/mol. The van der Waals surface area contributed by atoms with Gasteiger partial charge in [-0.05, 0) is 25.3 Å². The van der Waals surface area contributed by atoms with Crippen LogP contribution < -0.4 is 11.1 Å². The van der Waals surface area contributed by atoms with Gasteiger partial charge >= 0.3 is 0 Å². The largest absolute Gasteiger partial charge is 0.352 e. The van der Waals surface area contributed by atoms with Gasteiger partial charge in [-0.2, -0.15) is 0 Å². The van der Waals surface area contributed by atoms with Crippen molar-refractivity contribution in [3.8, 4) is 0 Å². The van der Waals surface area contributed by atoms with Crippen molar-refractivity contribution < 1.29 is 4.79 Å². The van der Waals surface area contributed by atoms with Gasteiger partial charge in [0.1, 0.15) is 0 Å². The fourth-order valence-corrected chi connectivity index (χ4v) is 1.99. The molecule has 0 spiro atoms. The van der Waals surface area contributed by atoms with Gasteiger partial charge in [-0.1, -0.05) is 20.8 Å². The van der Waals surface area contributed by atoms with Crippen LogP contribution in [0.25, 0.3) is 0 Å². The van der Waals surface area contributed by atoms with Gasteiger partial charge < -0.3 is 16.0 Å². The molecule has 1 fully saturated rings. The lowest BCUT2D eigenvalue weighted by Crippen LogP contribution is -2.51. The Morgan fingerprint density at radius 1 is 1.44 bits per heavy atom. The van der Waals surface area contributed by atoms with Crippen molar-refractivity contribution in [2.24, 2.45) is 11.7 Å². The molecule has 0 aromatic rings. The molecule has 0 aliphatic carbocycles. The summed E-state index contributed by atoms with van der Waals surface area (Å²) in [6, 6.07) is -0.0516. The third kappa shape index (κ3) is 3.76. The molecule has 1 aliphatic heterocycles. The number of hydrogen-bond donors (Lipinski definition) is 2. The van der Waals surface area contributed by atoms with Gasteiger partial charge in [0, 0.05) is 19.1 Å². The molecule has 1 atom stereocenters. The Morgan fingerprint density at radius 2 is 2.00 bits per heavy atom. The maximum absolute atomic E-state index is 11.8. The van der Waals surface area contributed by atoms with Crippen LogP contribution in [0.3, 0.4) is 0 Å². The van der Waals surface area contributed by atoms with Crippen LogP contribution >= 0.6 is 0 Å². The average Bonchev–Trinajstić information content (AvgIpc) is 2.28. The lowest BCUT2D eigenvalue weighted by atomic mass is 10.0. The first-order chi connectivity index (χ1) is 7.54. The minimum Gasteiger partial charge on any atom is -0.352 e. The normalized spacial score (nSPS) is 21.1. The second kappa shape index (κ2) is 6.21. The number of nitrogens with two attached hydrogens (primary N) is 1. The number of piperidine rings is 1. The summed E-state index contributed by atoms with van der Waals surface area (Å²) < 4.78 is 0. The van der Waals surface area contributed by atoms with E-state index in [0.717, 1.165) is 32.5 Å². The molecule has 0 bridgehead atoms. The van der Waals surface area contributed by atoms with Gasteiger partial charge in [0.15, 0.2) is 0 Å². The summed E-state index contributed by atoms with van der Waals surface area (Å²) in [5, 5.41) is 3.05. The minimum atomic E-state index is -0.371. The number of likely N-dealkylation sites (tertiary alicyclic amines) is 1. The van der Waals surface area contributed by atoms with Crippen molar-refractivity contribution in [3.05, 3.63) is 0 Å². The zero-order valence-corrected chi connectivity index (χ0v) is 10.7. The Labute approximate surface area is 98.6 Å². The standard InChI is InChI=1S/C12H25N3O/c1-4-15-7-5-10(6-8-15)14-12(16)11(13)9(2)3/h9-11H,4-8,13H2,1-3H3,(H,14,16)/t11-/m1/s1. The van der Waals surface area contributed by atoms with Crippen molar-refractivity contribution in [3.63, 3.8) is 0 Å². The molecule has 1 saturated heterocycles.